The molecule has 0 saturated carbocycles. The van der Waals surface area contributed by atoms with E-state index >= 15 is 0 Å². The van der Waals surface area contributed by atoms with E-state index in [1.807, 2.05) is 77.7 Å². The van der Waals surface area contributed by atoms with Crippen LogP contribution in [0.5, 0.6) is 0 Å². The van der Waals surface area contributed by atoms with E-state index in [1.165, 1.54) is 0 Å². The van der Waals surface area contributed by atoms with Crippen molar-refractivity contribution in [2.24, 2.45) is 0 Å². The van der Waals surface area contributed by atoms with Crippen molar-refractivity contribution in [3.8, 4) is 0 Å². The van der Waals surface area contributed by atoms with E-state index in [-0.39, 0.29) is 12.1 Å². The van der Waals surface area contributed by atoms with Crippen LogP contribution >= 0.6 is 0 Å². The van der Waals surface area contributed by atoms with Crippen LogP contribution in [0.1, 0.15) is 11.6 Å². The highest BCUT2D eigenvalue weighted by Gasteiger charge is 2.28. The molecular formula is C21H20N2O2. The number of nitrogens with zero attached hydrogens (tertiary/aromatic N) is 1. The Bertz CT molecular complexity index is 874. The van der Waals surface area contributed by atoms with Gasteiger partial charge in [0.25, 0.3) is 0 Å². The molecule has 1 unspecified atom stereocenters. The van der Waals surface area contributed by atoms with Crippen molar-refractivity contribution in [1.29, 1.82) is 0 Å². The summed E-state index contributed by atoms with van der Waals surface area (Å²) in [6, 6.07) is 23.9. The fourth-order valence-corrected chi connectivity index (χ4v) is 3.32. The SMILES string of the molecule is O=C(Nc1cccc2ccccc12)N1CCOCC1c1ccccc1. The number of morpholine rings is 1. The van der Waals surface area contributed by atoms with Gasteiger partial charge in [-0.2, -0.15) is 0 Å². The molecule has 0 spiro atoms. The summed E-state index contributed by atoms with van der Waals surface area (Å²) >= 11 is 0. The summed E-state index contributed by atoms with van der Waals surface area (Å²) in [6.07, 6.45) is 0. The Hall–Kier alpha value is -2.85. The van der Waals surface area contributed by atoms with Crippen molar-refractivity contribution in [1.82, 2.24) is 4.90 Å². The van der Waals surface area contributed by atoms with Gasteiger partial charge in [0.15, 0.2) is 0 Å². The quantitative estimate of drug-likeness (QED) is 0.753. The van der Waals surface area contributed by atoms with Gasteiger partial charge < -0.3 is 15.0 Å². The Morgan fingerprint density at radius 1 is 0.960 bits per heavy atom. The van der Waals surface area contributed by atoms with Gasteiger partial charge >= 0.3 is 6.03 Å². The highest BCUT2D eigenvalue weighted by molar-refractivity contribution is 6.01. The molecule has 2 amide bonds. The number of nitrogens with one attached hydrogen (secondary N) is 1. The Balaban J connectivity index is 1.60. The summed E-state index contributed by atoms with van der Waals surface area (Å²) in [6.45, 7) is 1.66. The van der Waals surface area contributed by atoms with E-state index in [2.05, 4.69) is 5.32 Å². The summed E-state index contributed by atoms with van der Waals surface area (Å²) in [5.74, 6) is 0. The van der Waals surface area contributed by atoms with E-state index in [4.69, 9.17) is 4.74 Å². The van der Waals surface area contributed by atoms with E-state index in [9.17, 15) is 4.79 Å². The first-order valence-corrected chi connectivity index (χ1v) is 8.51. The number of anilines is 1. The lowest BCUT2D eigenvalue weighted by Gasteiger charge is -2.36. The van der Waals surface area contributed by atoms with Crippen LogP contribution < -0.4 is 5.32 Å². The monoisotopic (exact) mass is 332 g/mol. The van der Waals surface area contributed by atoms with Crippen LogP contribution in [-0.2, 0) is 4.74 Å². The van der Waals surface area contributed by atoms with Crippen molar-refractivity contribution < 1.29 is 9.53 Å². The summed E-state index contributed by atoms with van der Waals surface area (Å²) < 4.78 is 5.62. The molecular weight excluding hydrogens is 312 g/mol. The fourth-order valence-electron chi connectivity index (χ4n) is 3.32. The molecule has 4 rings (SSSR count). The molecule has 1 aliphatic rings. The third kappa shape index (κ3) is 3.21. The van der Waals surface area contributed by atoms with Gasteiger partial charge in [0.05, 0.1) is 24.9 Å². The molecule has 0 aliphatic carbocycles. The predicted octanol–water partition coefficient (Wildman–Crippen LogP) is 4.45. The van der Waals surface area contributed by atoms with Gasteiger partial charge in [-0.3, -0.25) is 0 Å². The number of ether oxygens (including phenoxy) is 1. The Morgan fingerprint density at radius 2 is 1.72 bits per heavy atom. The van der Waals surface area contributed by atoms with Gasteiger partial charge in [-0.15, -0.1) is 0 Å². The molecule has 1 fully saturated rings. The highest BCUT2D eigenvalue weighted by atomic mass is 16.5. The molecule has 0 aromatic heterocycles. The van der Waals surface area contributed by atoms with Crippen LogP contribution in [0.2, 0.25) is 0 Å². The number of carbonyl (C=O) groups excluding carboxylic acids is 1. The molecule has 4 nitrogen and oxygen atoms in total. The fraction of sp³-hybridized carbons (Fsp3) is 0.190. The van der Waals surface area contributed by atoms with Gasteiger partial charge in [0.1, 0.15) is 0 Å². The first kappa shape index (κ1) is 15.7. The van der Waals surface area contributed by atoms with Gasteiger partial charge in [-0.1, -0.05) is 66.7 Å². The number of hydrogen-bond donors (Lipinski definition) is 1. The maximum Gasteiger partial charge on any atom is 0.322 e. The normalized spacial score (nSPS) is 17.4. The Labute approximate surface area is 147 Å². The van der Waals surface area contributed by atoms with Crippen LogP contribution in [0.15, 0.2) is 72.8 Å². The average molecular weight is 332 g/mol. The molecule has 25 heavy (non-hydrogen) atoms. The third-order valence-corrected chi connectivity index (χ3v) is 4.60. The van der Waals surface area contributed by atoms with E-state index in [0.717, 1.165) is 22.0 Å². The average Bonchev–Trinajstić information content (AvgIpc) is 2.69. The molecule has 1 saturated heterocycles. The Morgan fingerprint density at radius 3 is 2.60 bits per heavy atom. The molecule has 3 aromatic rings. The number of fused-ring (bicyclic) bond motifs is 1. The topological polar surface area (TPSA) is 41.6 Å². The van der Waals surface area contributed by atoms with Crippen LogP contribution in [0.3, 0.4) is 0 Å². The maximum absolute atomic E-state index is 13.0. The molecule has 1 atom stereocenters. The smallest absolute Gasteiger partial charge is 0.322 e. The first-order valence-electron chi connectivity index (χ1n) is 8.51. The van der Waals surface area contributed by atoms with Crippen molar-refractivity contribution in [2.75, 3.05) is 25.1 Å². The van der Waals surface area contributed by atoms with Crippen LogP contribution in [0, 0.1) is 0 Å². The molecule has 4 heteroatoms. The number of rotatable bonds is 2. The third-order valence-electron chi connectivity index (χ3n) is 4.60. The lowest BCUT2D eigenvalue weighted by molar-refractivity contribution is 0.0148. The number of urea groups is 1. The predicted molar refractivity (Wildman–Crippen MR) is 99.7 cm³/mol. The Kier molecular flexibility index (Phi) is 4.36. The van der Waals surface area contributed by atoms with Gasteiger partial charge in [-0.05, 0) is 17.0 Å². The number of hydrogen-bond acceptors (Lipinski definition) is 2. The molecule has 1 N–H and O–H groups in total. The number of carbonyl (C=O) groups is 1. The molecule has 0 bridgehead atoms. The number of benzene rings is 3. The lowest BCUT2D eigenvalue weighted by Crippen LogP contribution is -2.45. The van der Waals surface area contributed by atoms with Crippen LogP contribution in [0.4, 0.5) is 10.5 Å². The van der Waals surface area contributed by atoms with Crippen molar-refractivity contribution in [3.05, 3.63) is 78.4 Å². The first-order chi connectivity index (χ1) is 12.3. The molecule has 1 heterocycles. The number of amides is 2. The molecule has 0 radical (unpaired) electrons. The van der Waals surface area contributed by atoms with Crippen molar-refractivity contribution in [2.45, 2.75) is 6.04 Å². The van der Waals surface area contributed by atoms with E-state index in [0.29, 0.717) is 19.8 Å². The van der Waals surface area contributed by atoms with Crippen LogP contribution in [-0.4, -0.2) is 30.7 Å². The van der Waals surface area contributed by atoms with Gasteiger partial charge in [-0.25, -0.2) is 4.79 Å². The minimum atomic E-state index is -0.0893. The summed E-state index contributed by atoms with van der Waals surface area (Å²) in [7, 11) is 0. The zero-order valence-electron chi connectivity index (χ0n) is 13.9. The largest absolute Gasteiger partial charge is 0.377 e. The van der Waals surface area contributed by atoms with Gasteiger partial charge in [0, 0.05) is 11.9 Å². The minimum Gasteiger partial charge on any atom is -0.377 e. The zero-order chi connectivity index (χ0) is 17.1. The second kappa shape index (κ2) is 6.95. The summed E-state index contributed by atoms with van der Waals surface area (Å²) in [5, 5.41) is 5.24. The second-order valence-corrected chi connectivity index (χ2v) is 6.15. The second-order valence-electron chi connectivity index (χ2n) is 6.15. The van der Waals surface area contributed by atoms with Crippen molar-refractivity contribution in [3.63, 3.8) is 0 Å². The maximum atomic E-state index is 13.0. The zero-order valence-corrected chi connectivity index (χ0v) is 13.9. The molecule has 126 valence electrons. The molecule has 1 aliphatic heterocycles. The van der Waals surface area contributed by atoms with Gasteiger partial charge in [0.2, 0.25) is 0 Å². The van der Waals surface area contributed by atoms with Crippen molar-refractivity contribution >= 4 is 22.5 Å². The van der Waals surface area contributed by atoms with Crippen LogP contribution in [0.25, 0.3) is 10.8 Å². The summed E-state index contributed by atoms with van der Waals surface area (Å²) in [5.41, 5.74) is 1.93. The molecule has 3 aromatic carbocycles. The van der Waals surface area contributed by atoms with E-state index < -0.39 is 0 Å². The highest BCUT2D eigenvalue weighted by Crippen LogP contribution is 2.27. The van der Waals surface area contributed by atoms with E-state index in [1.54, 1.807) is 0 Å². The lowest BCUT2D eigenvalue weighted by atomic mass is 10.1. The minimum absolute atomic E-state index is 0.0649. The summed E-state index contributed by atoms with van der Waals surface area (Å²) in [4.78, 5) is 14.8. The standard InChI is InChI=1S/C21H20N2O2/c24-21(22-19-12-6-10-16-7-4-5-11-18(16)19)23-13-14-25-15-20(23)17-8-2-1-3-9-17/h1-12,20H,13-15H2,(H,22,24).